The zero-order valence-electron chi connectivity index (χ0n) is 10.9. The van der Waals surface area contributed by atoms with Gasteiger partial charge < -0.3 is 5.11 Å². The number of aromatic nitrogens is 4. The van der Waals surface area contributed by atoms with Gasteiger partial charge in [-0.05, 0) is 41.9 Å². The monoisotopic (exact) mass is 356 g/mol. The van der Waals surface area contributed by atoms with E-state index in [0.29, 0.717) is 16.7 Å². The van der Waals surface area contributed by atoms with E-state index in [-0.39, 0.29) is 11.8 Å². The lowest BCUT2D eigenvalue weighted by atomic mass is 10.3. The molecule has 1 N–H and O–H groups in total. The largest absolute Gasteiger partial charge is 0.481 e. The van der Waals surface area contributed by atoms with Gasteiger partial charge in [0.25, 0.3) is 0 Å². The lowest BCUT2D eigenvalue weighted by Gasteiger charge is -2.13. The number of rotatable bonds is 5. The van der Waals surface area contributed by atoms with Crippen molar-refractivity contribution in [2.45, 2.75) is 25.0 Å². The first kappa shape index (κ1) is 15.0. The molecule has 2 rings (SSSR count). The molecule has 2 aromatic heterocycles. The van der Waals surface area contributed by atoms with E-state index in [1.807, 2.05) is 30.5 Å². The molecule has 2 heterocycles. The topological polar surface area (TPSA) is 80.9 Å². The van der Waals surface area contributed by atoms with Crippen molar-refractivity contribution in [3.05, 3.63) is 22.8 Å². The number of carboxylic acid groups (broad SMARTS) is 1. The van der Waals surface area contributed by atoms with Gasteiger partial charge in [0, 0.05) is 16.7 Å². The maximum atomic E-state index is 10.7. The van der Waals surface area contributed by atoms with E-state index in [2.05, 4.69) is 31.1 Å². The Morgan fingerprint density at radius 1 is 1.50 bits per heavy atom. The average Bonchev–Trinajstić information content (AvgIpc) is 2.80. The fourth-order valence-electron chi connectivity index (χ4n) is 1.68. The van der Waals surface area contributed by atoms with E-state index in [0.717, 1.165) is 16.2 Å². The van der Waals surface area contributed by atoms with Crippen LogP contribution in [0.15, 0.2) is 28.0 Å². The van der Waals surface area contributed by atoms with Crippen molar-refractivity contribution in [1.29, 1.82) is 0 Å². The Bertz CT molecular complexity index is 630. The summed E-state index contributed by atoms with van der Waals surface area (Å²) in [6.07, 6.45) is 1.68. The lowest BCUT2D eigenvalue weighted by molar-refractivity contribution is -0.133. The lowest BCUT2D eigenvalue weighted by Crippen LogP contribution is -2.07. The zero-order valence-corrected chi connectivity index (χ0v) is 13.3. The molecular weight excluding hydrogens is 344 g/mol. The van der Waals surface area contributed by atoms with Gasteiger partial charge in [0.15, 0.2) is 11.0 Å². The van der Waals surface area contributed by atoms with Crippen molar-refractivity contribution in [2.75, 3.05) is 5.75 Å². The maximum absolute atomic E-state index is 10.7. The first-order valence-electron chi connectivity index (χ1n) is 5.91. The normalized spacial score (nSPS) is 11.0. The van der Waals surface area contributed by atoms with E-state index >= 15 is 0 Å². The first-order chi connectivity index (χ1) is 9.50. The highest BCUT2D eigenvalue weighted by atomic mass is 79.9. The van der Waals surface area contributed by atoms with Gasteiger partial charge in [0.1, 0.15) is 5.69 Å². The molecule has 0 aliphatic carbocycles. The van der Waals surface area contributed by atoms with E-state index in [9.17, 15) is 4.79 Å². The molecule has 0 amide bonds. The Labute approximate surface area is 128 Å². The molecule has 0 unspecified atom stereocenters. The van der Waals surface area contributed by atoms with Crippen molar-refractivity contribution in [2.24, 2.45) is 0 Å². The summed E-state index contributed by atoms with van der Waals surface area (Å²) >= 11 is 4.59. The highest BCUT2D eigenvalue weighted by Crippen LogP contribution is 2.30. The van der Waals surface area contributed by atoms with Crippen LogP contribution in [-0.2, 0) is 4.79 Å². The summed E-state index contributed by atoms with van der Waals surface area (Å²) in [6, 6.07) is 3.81. The third-order valence-corrected chi connectivity index (χ3v) is 4.04. The van der Waals surface area contributed by atoms with Crippen LogP contribution in [0.2, 0.25) is 0 Å². The minimum atomic E-state index is -0.881. The predicted molar refractivity (Wildman–Crippen MR) is 79.7 cm³/mol. The Kier molecular flexibility index (Phi) is 4.77. The van der Waals surface area contributed by atoms with Gasteiger partial charge in [-0.2, -0.15) is 0 Å². The Morgan fingerprint density at radius 2 is 2.25 bits per heavy atom. The minimum absolute atomic E-state index is 0.0474. The van der Waals surface area contributed by atoms with Crippen LogP contribution in [0.1, 0.15) is 19.9 Å². The van der Waals surface area contributed by atoms with Crippen LogP contribution in [0.3, 0.4) is 0 Å². The van der Waals surface area contributed by atoms with Crippen molar-refractivity contribution in [3.8, 4) is 11.5 Å². The van der Waals surface area contributed by atoms with Gasteiger partial charge in [0.05, 0.1) is 5.75 Å². The molecule has 0 fully saturated rings. The standard InChI is InChI=1S/C12H13BrN4O2S/c1-7(2)17-11(10-8(13)4-3-5-14-10)15-16-12(17)20-6-9(18)19/h3-5,7H,6H2,1-2H3,(H,18,19). The quantitative estimate of drug-likeness (QED) is 0.829. The molecular formula is C12H13BrN4O2S. The number of pyridine rings is 1. The molecule has 0 saturated carbocycles. The highest BCUT2D eigenvalue weighted by molar-refractivity contribution is 9.10. The highest BCUT2D eigenvalue weighted by Gasteiger charge is 2.19. The molecule has 0 radical (unpaired) electrons. The third kappa shape index (κ3) is 3.18. The van der Waals surface area contributed by atoms with E-state index in [1.165, 1.54) is 0 Å². The fraction of sp³-hybridized carbons (Fsp3) is 0.333. The molecule has 8 heteroatoms. The van der Waals surface area contributed by atoms with Crippen molar-refractivity contribution >= 4 is 33.7 Å². The molecule has 2 aromatic rings. The molecule has 0 aliphatic rings. The van der Waals surface area contributed by atoms with Gasteiger partial charge in [-0.1, -0.05) is 11.8 Å². The molecule has 106 valence electrons. The van der Waals surface area contributed by atoms with Crippen LogP contribution < -0.4 is 0 Å². The van der Waals surface area contributed by atoms with Crippen molar-refractivity contribution in [3.63, 3.8) is 0 Å². The van der Waals surface area contributed by atoms with Crippen molar-refractivity contribution < 1.29 is 9.90 Å². The Morgan fingerprint density at radius 3 is 2.85 bits per heavy atom. The second kappa shape index (κ2) is 6.36. The third-order valence-electron chi connectivity index (χ3n) is 2.48. The SMILES string of the molecule is CC(C)n1c(SCC(=O)O)nnc1-c1ncccc1Br. The molecule has 6 nitrogen and oxygen atoms in total. The van der Waals surface area contributed by atoms with Gasteiger partial charge in [-0.15, -0.1) is 10.2 Å². The Hall–Kier alpha value is -1.41. The Balaban J connectivity index is 2.44. The number of carbonyl (C=O) groups is 1. The van der Waals surface area contributed by atoms with Gasteiger partial charge >= 0.3 is 5.97 Å². The van der Waals surface area contributed by atoms with Crippen LogP contribution >= 0.6 is 27.7 Å². The van der Waals surface area contributed by atoms with Crippen LogP contribution in [0.5, 0.6) is 0 Å². The molecule has 0 bridgehead atoms. The molecule has 0 aromatic carbocycles. The summed E-state index contributed by atoms with van der Waals surface area (Å²) in [7, 11) is 0. The summed E-state index contributed by atoms with van der Waals surface area (Å²) in [5.41, 5.74) is 0.691. The first-order valence-corrected chi connectivity index (χ1v) is 7.69. The summed E-state index contributed by atoms with van der Waals surface area (Å²) in [5, 5.41) is 17.6. The molecule has 0 atom stereocenters. The summed E-state index contributed by atoms with van der Waals surface area (Å²) in [6.45, 7) is 3.99. The van der Waals surface area contributed by atoms with E-state index < -0.39 is 5.97 Å². The number of hydrogen-bond acceptors (Lipinski definition) is 5. The number of halogens is 1. The van der Waals surface area contributed by atoms with Crippen LogP contribution in [0, 0.1) is 0 Å². The van der Waals surface area contributed by atoms with Gasteiger partial charge in [-0.25, -0.2) is 0 Å². The van der Waals surface area contributed by atoms with Crippen LogP contribution in [-0.4, -0.2) is 36.6 Å². The van der Waals surface area contributed by atoms with Crippen LogP contribution in [0.25, 0.3) is 11.5 Å². The number of nitrogens with zero attached hydrogens (tertiary/aromatic N) is 4. The summed E-state index contributed by atoms with van der Waals surface area (Å²) < 4.78 is 2.71. The van der Waals surface area contributed by atoms with Crippen LogP contribution in [0.4, 0.5) is 0 Å². The van der Waals surface area contributed by atoms with E-state index in [1.54, 1.807) is 6.20 Å². The van der Waals surface area contributed by atoms with Gasteiger partial charge in [0.2, 0.25) is 0 Å². The molecule has 20 heavy (non-hydrogen) atoms. The zero-order chi connectivity index (χ0) is 14.7. The minimum Gasteiger partial charge on any atom is -0.481 e. The fourth-order valence-corrected chi connectivity index (χ4v) is 2.90. The number of thioether (sulfide) groups is 1. The summed E-state index contributed by atoms with van der Waals surface area (Å²) in [5.74, 6) is -0.303. The number of hydrogen-bond donors (Lipinski definition) is 1. The molecule has 0 spiro atoms. The molecule has 0 saturated heterocycles. The predicted octanol–water partition coefficient (Wildman–Crippen LogP) is 2.86. The average molecular weight is 357 g/mol. The van der Waals surface area contributed by atoms with Gasteiger partial charge in [-0.3, -0.25) is 14.3 Å². The summed E-state index contributed by atoms with van der Waals surface area (Å²) in [4.78, 5) is 15.0. The number of carboxylic acids is 1. The van der Waals surface area contributed by atoms with E-state index in [4.69, 9.17) is 5.11 Å². The molecule has 0 aliphatic heterocycles. The maximum Gasteiger partial charge on any atom is 0.313 e. The second-order valence-electron chi connectivity index (χ2n) is 4.29. The smallest absolute Gasteiger partial charge is 0.313 e. The van der Waals surface area contributed by atoms with Crippen molar-refractivity contribution in [1.82, 2.24) is 19.7 Å². The second-order valence-corrected chi connectivity index (χ2v) is 6.08. The number of aliphatic carboxylic acids is 1.